The summed E-state index contributed by atoms with van der Waals surface area (Å²) in [6.45, 7) is 1.99. The van der Waals surface area contributed by atoms with Crippen molar-refractivity contribution in [1.29, 1.82) is 0 Å². The highest BCUT2D eigenvalue weighted by Gasteiger charge is 2.88. The number of rotatable bonds is 2. The van der Waals surface area contributed by atoms with Crippen molar-refractivity contribution in [2.24, 2.45) is 5.92 Å². The first-order valence-electron chi connectivity index (χ1n) is 7.40. The second-order valence-corrected chi connectivity index (χ2v) is 10.2. The molecule has 2 amide bonds. The highest BCUT2D eigenvalue weighted by molar-refractivity contribution is 9.25. The van der Waals surface area contributed by atoms with Crippen LogP contribution >= 0.6 is 43.5 Å². The molecule has 2 atom stereocenters. The SMILES string of the molecule is Cc1ccc(C23C(=O)N(c4ccc(Cl)cc4)C(=O)C2C3(Br)Br)cc1. The topological polar surface area (TPSA) is 37.4 Å². The van der Waals surface area contributed by atoms with Gasteiger partial charge in [0.1, 0.15) is 8.65 Å². The number of aryl methyl sites for hydroxylation is 1. The molecule has 0 radical (unpaired) electrons. The fourth-order valence-electron chi connectivity index (χ4n) is 3.55. The zero-order valence-corrected chi connectivity index (χ0v) is 16.5. The zero-order valence-electron chi connectivity index (χ0n) is 12.6. The average Bonchev–Trinajstić information content (AvgIpc) is 2.95. The third-order valence-electron chi connectivity index (χ3n) is 4.84. The Balaban J connectivity index is 1.83. The summed E-state index contributed by atoms with van der Waals surface area (Å²) in [7, 11) is 0. The van der Waals surface area contributed by atoms with Crippen molar-refractivity contribution in [3.63, 3.8) is 0 Å². The third kappa shape index (κ3) is 1.89. The number of hydrogen-bond donors (Lipinski definition) is 0. The van der Waals surface area contributed by atoms with Crippen LogP contribution in [0.15, 0.2) is 48.5 Å². The molecule has 122 valence electrons. The summed E-state index contributed by atoms with van der Waals surface area (Å²) in [6.07, 6.45) is 0. The van der Waals surface area contributed by atoms with Gasteiger partial charge in [0.2, 0.25) is 11.8 Å². The lowest BCUT2D eigenvalue weighted by atomic mass is 9.93. The first-order valence-corrected chi connectivity index (χ1v) is 9.37. The van der Waals surface area contributed by atoms with Gasteiger partial charge in [0.15, 0.2) is 0 Å². The molecule has 0 bridgehead atoms. The van der Waals surface area contributed by atoms with Crippen LogP contribution in [0, 0.1) is 12.8 Å². The van der Waals surface area contributed by atoms with Gasteiger partial charge in [-0.3, -0.25) is 9.59 Å². The molecular formula is C18H12Br2ClNO2. The molecular weight excluding hydrogens is 457 g/mol. The van der Waals surface area contributed by atoms with E-state index in [1.165, 1.54) is 4.90 Å². The van der Waals surface area contributed by atoms with Gasteiger partial charge >= 0.3 is 0 Å². The average molecular weight is 470 g/mol. The van der Waals surface area contributed by atoms with E-state index in [4.69, 9.17) is 11.6 Å². The van der Waals surface area contributed by atoms with E-state index < -0.39 is 14.6 Å². The molecule has 1 aliphatic carbocycles. The number of halogens is 3. The Morgan fingerprint density at radius 1 is 1.00 bits per heavy atom. The lowest BCUT2D eigenvalue weighted by Crippen LogP contribution is -2.41. The van der Waals surface area contributed by atoms with E-state index in [-0.39, 0.29) is 11.8 Å². The van der Waals surface area contributed by atoms with Crippen LogP contribution in [0.1, 0.15) is 11.1 Å². The minimum absolute atomic E-state index is 0.211. The van der Waals surface area contributed by atoms with E-state index >= 15 is 0 Å². The molecule has 2 unspecified atom stereocenters. The largest absolute Gasteiger partial charge is 0.274 e. The molecule has 2 aromatic rings. The molecule has 0 N–H and O–H groups in total. The summed E-state index contributed by atoms with van der Waals surface area (Å²) in [6, 6.07) is 14.5. The van der Waals surface area contributed by atoms with Crippen molar-refractivity contribution in [3.05, 3.63) is 64.7 Å². The van der Waals surface area contributed by atoms with Crippen LogP contribution in [0.4, 0.5) is 5.69 Å². The van der Waals surface area contributed by atoms with E-state index in [1.807, 2.05) is 31.2 Å². The standard InChI is InChI=1S/C18H12Br2ClNO2/c1-10-2-4-11(5-3-10)17-14(18(17,19)20)15(23)22(16(17)24)13-8-6-12(21)7-9-13/h2-9,14H,1H3. The lowest BCUT2D eigenvalue weighted by molar-refractivity contribution is -0.124. The number of benzene rings is 2. The van der Waals surface area contributed by atoms with E-state index in [0.29, 0.717) is 10.7 Å². The summed E-state index contributed by atoms with van der Waals surface area (Å²) in [5.41, 5.74) is 1.57. The summed E-state index contributed by atoms with van der Waals surface area (Å²) in [5.74, 6) is -0.912. The molecule has 2 aromatic carbocycles. The van der Waals surface area contributed by atoms with E-state index in [2.05, 4.69) is 31.9 Å². The quantitative estimate of drug-likeness (QED) is 0.477. The summed E-state index contributed by atoms with van der Waals surface area (Å²) < 4.78 is -0.737. The molecule has 1 saturated carbocycles. The predicted octanol–water partition coefficient (Wildman–Crippen LogP) is 4.58. The molecule has 1 heterocycles. The van der Waals surface area contributed by atoms with Gasteiger partial charge in [-0.1, -0.05) is 73.3 Å². The van der Waals surface area contributed by atoms with Crippen LogP contribution in [-0.2, 0) is 15.0 Å². The highest BCUT2D eigenvalue weighted by Crippen LogP contribution is 2.75. The summed E-state index contributed by atoms with van der Waals surface area (Å²) in [5, 5.41) is 0.562. The Kier molecular flexibility index (Phi) is 3.51. The number of alkyl halides is 2. The normalized spacial score (nSPS) is 27.3. The van der Waals surface area contributed by atoms with Gasteiger partial charge < -0.3 is 0 Å². The number of carbonyl (C=O) groups is 2. The van der Waals surface area contributed by atoms with Crippen molar-refractivity contribution < 1.29 is 9.59 Å². The van der Waals surface area contributed by atoms with Crippen LogP contribution < -0.4 is 4.90 Å². The summed E-state index contributed by atoms with van der Waals surface area (Å²) >= 11 is 13.0. The van der Waals surface area contributed by atoms with Gasteiger partial charge in [0.25, 0.3) is 0 Å². The molecule has 2 aliphatic rings. The Morgan fingerprint density at radius 2 is 1.58 bits per heavy atom. The van der Waals surface area contributed by atoms with Crippen molar-refractivity contribution in [2.45, 2.75) is 15.6 Å². The first-order chi connectivity index (χ1) is 11.3. The van der Waals surface area contributed by atoms with Crippen LogP contribution in [0.25, 0.3) is 0 Å². The van der Waals surface area contributed by atoms with Gasteiger partial charge in [-0.05, 0) is 36.8 Å². The molecule has 1 saturated heterocycles. The monoisotopic (exact) mass is 467 g/mol. The number of imide groups is 1. The predicted molar refractivity (Wildman–Crippen MR) is 101 cm³/mol. The lowest BCUT2D eigenvalue weighted by Gasteiger charge is -2.24. The second kappa shape index (κ2) is 5.16. The molecule has 0 spiro atoms. The number of anilines is 1. The van der Waals surface area contributed by atoms with E-state index in [1.54, 1.807) is 24.3 Å². The van der Waals surface area contributed by atoms with Crippen LogP contribution in [0.5, 0.6) is 0 Å². The third-order valence-corrected chi connectivity index (χ3v) is 7.26. The van der Waals surface area contributed by atoms with Crippen molar-refractivity contribution >= 4 is 61.0 Å². The maximum absolute atomic E-state index is 13.3. The molecule has 3 nitrogen and oxygen atoms in total. The molecule has 6 heteroatoms. The number of fused-ring (bicyclic) bond motifs is 1. The van der Waals surface area contributed by atoms with Crippen LogP contribution in [0.3, 0.4) is 0 Å². The second-order valence-electron chi connectivity index (χ2n) is 6.19. The van der Waals surface area contributed by atoms with Gasteiger partial charge in [-0.15, -0.1) is 0 Å². The smallest absolute Gasteiger partial charge is 0.247 e. The van der Waals surface area contributed by atoms with Crippen molar-refractivity contribution in [1.82, 2.24) is 0 Å². The maximum atomic E-state index is 13.3. The molecule has 2 fully saturated rings. The molecule has 4 rings (SSSR count). The van der Waals surface area contributed by atoms with E-state index in [9.17, 15) is 9.59 Å². The number of piperidine rings is 1. The maximum Gasteiger partial charge on any atom is 0.247 e. The zero-order chi connectivity index (χ0) is 17.3. The number of amides is 2. The van der Waals surface area contributed by atoms with E-state index in [0.717, 1.165) is 11.1 Å². The van der Waals surface area contributed by atoms with Gasteiger partial charge in [-0.2, -0.15) is 0 Å². The number of hydrogen-bond acceptors (Lipinski definition) is 2. The Hall–Kier alpha value is -1.17. The van der Waals surface area contributed by atoms with Gasteiger partial charge in [-0.25, -0.2) is 4.90 Å². The Labute approximate surface area is 161 Å². The summed E-state index contributed by atoms with van der Waals surface area (Å²) in [4.78, 5) is 27.5. The molecule has 1 aliphatic heterocycles. The fourth-order valence-corrected chi connectivity index (χ4v) is 5.78. The van der Waals surface area contributed by atoms with Crippen molar-refractivity contribution in [3.8, 4) is 0 Å². The Bertz CT molecular complexity index is 864. The highest BCUT2D eigenvalue weighted by atomic mass is 79.9. The first kappa shape index (κ1) is 16.3. The van der Waals surface area contributed by atoms with Crippen LogP contribution in [-0.4, -0.2) is 15.0 Å². The Morgan fingerprint density at radius 3 is 2.17 bits per heavy atom. The number of nitrogens with zero attached hydrogens (tertiary/aromatic N) is 1. The minimum Gasteiger partial charge on any atom is -0.274 e. The molecule has 24 heavy (non-hydrogen) atoms. The van der Waals surface area contributed by atoms with Gasteiger partial charge in [0.05, 0.1) is 11.6 Å². The minimum atomic E-state index is -0.919. The molecule has 0 aromatic heterocycles. The number of carbonyl (C=O) groups excluding carboxylic acids is 2. The van der Waals surface area contributed by atoms with Crippen LogP contribution in [0.2, 0.25) is 5.02 Å². The van der Waals surface area contributed by atoms with Crippen molar-refractivity contribution in [2.75, 3.05) is 4.90 Å². The fraction of sp³-hybridized carbons (Fsp3) is 0.222. The van der Waals surface area contributed by atoms with Gasteiger partial charge in [0, 0.05) is 5.02 Å².